The van der Waals surface area contributed by atoms with Crippen molar-refractivity contribution in [2.75, 3.05) is 6.54 Å². The van der Waals surface area contributed by atoms with E-state index in [2.05, 4.69) is 10.6 Å². The number of terminal acetylenes is 1. The quantitative estimate of drug-likeness (QED) is 0.776. The van der Waals surface area contributed by atoms with Crippen molar-refractivity contribution >= 4 is 10.0 Å². The normalized spacial score (nSPS) is 10.4. The Kier molecular flexibility index (Phi) is 4.07. The monoisotopic (exact) mass is 234 g/mol. The van der Waals surface area contributed by atoms with Crippen LogP contribution in [0, 0.1) is 23.7 Å². The Morgan fingerprint density at radius 2 is 1.94 bits per heavy atom. The molecule has 0 radical (unpaired) electrons. The number of benzene rings is 1. The molecule has 0 saturated heterocycles. The summed E-state index contributed by atoms with van der Waals surface area (Å²) < 4.78 is 25.1. The highest BCUT2D eigenvalue weighted by Gasteiger charge is 2.09. The smallest absolute Gasteiger partial charge is 0.212 e. The molecule has 1 N–H and O–H groups in total. The fraction of sp³-hybridized carbons (Fsp3) is 0.182. The zero-order valence-electron chi connectivity index (χ0n) is 8.47. The van der Waals surface area contributed by atoms with Crippen molar-refractivity contribution < 1.29 is 8.42 Å². The van der Waals surface area contributed by atoms with E-state index in [1.165, 1.54) is 0 Å². The molecule has 0 aliphatic rings. The Balaban J connectivity index is 2.74. The molecule has 5 heteroatoms. The number of sulfonamides is 1. The second-order valence-electron chi connectivity index (χ2n) is 3.09. The van der Waals surface area contributed by atoms with Crippen LogP contribution in [0.5, 0.6) is 0 Å². The van der Waals surface area contributed by atoms with E-state index in [0.717, 1.165) is 0 Å². The van der Waals surface area contributed by atoms with Crippen molar-refractivity contribution in [2.24, 2.45) is 0 Å². The predicted molar refractivity (Wildman–Crippen MR) is 60.6 cm³/mol. The molecule has 0 spiro atoms. The van der Waals surface area contributed by atoms with Crippen LogP contribution < -0.4 is 4.72 Å². The van der Waals surface area contributed by atoms with Crippen LogP contribution in [0.2, 0.25) is 0 Å². The molecule has 82 valence electrons. The van der Waals surface area contributed by atoms with Crippen molar-refractivity contribution in [3.63, 3.8) is 0 Å². The van der Waals surface area contributed by atoms with Gasteiger partial charge in [0.15, 0.2) is 0 Å². The lowest BCUT2D eigenvalue weighted by atomic mass is 10.2. The third-order valence-electron chi connectivity index (χ3n) is 1.83. The predicted octanol–water partition coefficient (Wildman–Crippen LogP) is 0.611. The van der Waals surface area contributed by atoms with Crippen LogP contribution in [0.1, 0.15) is 11.1 Å². The van der Waals surface area contributed by atoms with E-state index in [0.29, 0.717) is 11.1 Å². The summed E-state index contributed by atoms with van der Waals surface area (Å²) in [4.78, 5) is 0. The van der Waals surface area contributed by atoms with Gasteiger partial charge in [0.2, 0.25) is 10.0 Å². The summed E-state index contributed by atoms with van der Waals surface area (Å²) in [7, 11) is -3.39. The van der Waals surface area contributed by atoms with Crippen LogP contribution in [-0.2, 0) is 15.8 Å². The van der Waals surface area contributed by atoms with E-state index in [4.69, 9.17) is 11.7 Å². The molecule has 0 saturated carbocycles. The summed E-state index contributed by atoms with van der Waals surface area (Å²) in [5.74, 6) is 2.06. The Bertz CT molecular complexity index is 533. The summed E-state index contributed by atoms with van der Waals surface area (Å²) in [6, 6.07) is 8.32. The van der Waals surface area contributed by atoms with Gasteiger partial charge in [0, 0.05) is 0 Å². The van der Waals surface area contributed by atoms with Gasteiger partial charge in [0.05, 0.1) is 23.9 Å². The number of hydrogen-bond acceptors (Lipinski definition) is 3. The van der Waals surface area contributed by atoms with E-state index in [9.17, 15) is 8.42 Å². The first-order chi connectivity index (χ1) is 7.57. The number of nitrogens with zero attached hydrogens (tertiary/aromatic N) is 1. The number of nitrogens with one attached hydrogen (secondary N) is 1. The van der Waals surface area contributed by atoms with Crippen molar-refractivity contribution in [3.05, 3.63) is 35.4 Å². The van der Waals surface area contributed by atoms with Gasteiger partial charge in [-0.2, -0.15) is 5.26 Å². The standard InChI is InChI=1S/C11H10N2O2S/c1-2-7-13-16(14,15)9-11-5-3-10(8-12)4-6-11/h1,3-6,13H,7,9H2. The van der Waals surface area contributed by atoms with Gasteiger partial charge < -0.3 is 0 Å². The van der Waals surface area contributed by atoms with Gasteiger partial charge in [-0.15, -0.1) is 6.42 Å². The van der Waals surface area contributed by atoms with Gasteiger partial charge in [-0.1, -0.05) is 18.1 Å². The Labute approximate surface area is 95.0 Å². The fourth-order valence-corrected chi connectivity index (χ4v) is 2.13. The summed E-state index contributed by atoms with van der Waals surface area (Å²) >= 11 is 0. The SMILES string of the molecule is C#CCNS(=O)(=O)Cc1ccc(C#N)cc1. The van der Waals surface area contributed by atoms with Crippen molar-refractivity contribution in [3.8, 4) is 18.4 Å². The number of hydrogen-bond donors (Lipinski definition) is 1. The molecule has 0 aliphatic carbocycles. The highest BCUT2D eigenvalue weighted by molar-refractivity contribution is 7.88. The third-order valence-corrected chi connectivity index (χ3v) is 3.13. The topological polar surface area (TPSA) is 70.0 Å². The highest BCUT2D eigenvalue weighted by Crippen LogP contribution is 2.06. The highest BCUT2D eigenvalue weighted by atomic mass is 32.2. The summed E-state index contributed by atoms with van der Waals surface area (Å²) in [5.41, 5.74) is 1.11. The third kappa shape index (κ3) is 3.74. The summed E-state index contributed by atoms with van der Waals surface area (Å²) in [5, 5.41) is 8.57. The van der Waals surface area contributed by atoms with Crippen LogP contribution in [-0.4, -0.2) is 15.0 Å². The average Bonchev–Trinajstić information content (AvgIpc) is 2.27. The molecule has 0 unspecified atom stereocenters. The second kappa shape index (κ2) is 5.32. The van der Waals surface area contributed by atoms with Gasteiger partial charge in [-0.05, 0) is 17.7 Å². The van der Waals surface area contributed by atoms with Gasteiger partial charge >= 0.3 is 0 Å². The van der Waals surface area contributed by atoms with Crippen LogP contribution in [0.4, 0.5) is 0 Å². The van der Waals surface area contributed by atoms with Crippen molar-refractivity contribution in [1.29, 1.82) is 5.26 Å². The molecule has 0 aromatic heterocycles. The number of rotatable bonds is 4. The lowest BCUT2D eigenvalue weighted by molar-refractivity contribution is 0.585. The molecule has 0 fully saturated rings. The zero-order chi connectivity index (χ0) is 12.0. The molecular weight excluding hydrogens is 224 g/mol. The molecular formula is C11H10N2O2S. The fourth-order valence-electron chi connectivity index (χ4n) is 1.10. The lowest BCUT2D eigenvalue weighted by Gasteiger charge is -2.03. The maximum absolute atomic E-state index is 11.4. The zero-order valence-corrected chi connectivity index (χ0v) is 9.29. The number of nitriles is 1. The van der Waals surface area contributed by atoms with E-state index in [1.807, 2.05) is 6.07 Å². The largest absolute Gasteiger partial charge is 0.216 e. The first-order valence-corrected chi connectivity index (χ1v) is 6.12. The van der Waals surface area contributed by atoms with Gasteiger partial charge in [0.1, 0.15) is 0 Å². The Morgan fingerprint density at radius 3 is 2.44 bits per heavy atom. The van der Waals surface area contributed by atoms with Crippen molar-refractivity contribution in [1.82, 2.24) is 4.72 Å². The van der Waals surface area contributed by atoms with Gasteiger partial charge in [-0.3, -0.25) is 0 Å². The van der Waals surface area contributed by atoms with Crippen molar-refractivity contribution in [2.45, 2.75) is 5.75 Å². The minimum atomic E-state index is -3.39. The average molecular weight is 234 g/mol. The van der Waals surface area contributed by atoms with Crippen LogP contribution in [0.3, 0.4) is 0 Å². The molecule has 16 heavy (non-hydrogen) atoms. The molecule has 0 aliphatic heterocycles. The van der Waals surface area contributed by atoms with Gasteiger partial charge in [0.25, 0.3) is 0 Å². The lowest BCUT2D eigenvalue weighted by Crippen LogP contribution is -2.25. The molecule has 0 heterocycles. The van der Waals surface area contributed by atoms with Crippen LogP contribution in [0.25, 0.3) is 0 Å². The second-order valence-corrected chi connectivity index (χ2v) is 4.90. The summed E-state index contributed by atoms with van der Waals surface area (Å²) in [6.07, 6.45) is 4.95. The van der Waals surface area contributed by atoms with Crippen LogP contribution in [0.15, 0.2) is 24.3 Å². The van der Waals surface area contributed by atoms with E-state index >= 15 is 0 Å². The molecule has 0 amide bonds. The maximum atomic E-state index is 11.4. The van der Waals surface area contributed by atoms with Crippen LogP contribution >= 0.6 is 0 Å². The van der Waals surface area contributed by atoms with E-state index < -0.39 is 10.0 Å². The summed E-state index contributed by atoms with van der Waals surface area (Å²) in [6.45, 7) is -0.0153. The first-order valence-electron chi connectivity index (χ1n) is 4.47. The Morgan fingerprint density at radius 1 is 1.31 bits per heavy atom. The van der Waals surface area contributed by atoms with E-state index in [1.54, 1.807) is 24.3 Å². The molecule has 0 atom stereocenters. The molecule has 4 nitrogen and oxygen atoms in total. The first kappa shape index (κ1) is 12.3. The minimum absolute atomic E-state index is 0.0153. The molecule has 1 rings (SSSR count). The van der Waals surface area contributed by atoms with Gasteiger partial charge in [-0.25, -0.2) is 13.1 Å². The minimum Gasteiger partial charge on any atom is -0.212 e. The van der Waals surface area contributed by atoms with E-state index in [-0.39, 0.29) is 12.3 Å². The molecule has 0 bridgehead atoms. The Hall–Kier alpha value is -1.82. The molecule has 1 aromatic carbocycles. The maximum Gasteiger partial charge on any atom is 0.216 e. The molecule has 1 aromatic rings.